The largest absolute Gasteiger partial charge is 0.310 e. The number of para-hydroxylation sites is 2. The Morgan fingerprint density at radius 3 is 1.05 bits per heavy atom. The number of fused-ring (bicyclic) bond motifs is 28. The number of hydrogen-bond donors (Lipinski definition) is 0. The highest BCUT2D eigenvalue weighted by Gasteiger charge is 2.53. The normalized spacial score (nSPS) is 17.4. The highest BCUT2D eigenvalue weighted by Crippen LogP contribution is 2.66. The molecule has 2 aliphatic heterocycles. The number of hydrogen-bond acceptors (Lipinski definition) is 2. The Balaban J connectivity index is 0.944. The van der Waals surface area contributed by atoms with Gasteiger partial charge in [-0.1, -0.05) is 224 Å². The molecule has 2 nitrogen and oxygen atoms in total. The molecule has 19 rings (SSSR count). The van der Waals surface area contributed by atoms with Crippen molar-refractivity contribution in [1.29, 1.82) is 0 Å². The molecule has 13 aromatic carbocycles. The predicted molar refractivity (Wildman–Crippen MR) is 350 cm³/mol. The third-order valence-electron chi connectivity index (χ3n) is 20.6. The van der Waals surface area contributed by atoms with Crippen LogP contribution in [0.15, 0.2) is 291 Å². The second-order valence-electron chi connectivity index (χ2n) is 24.5. The fraction of sp³-hybridized carbons (Fsp3) is 0.0602. The Labute approximate surface area is 495 Å². The molecule has 0 fully saturated rings. The standard InChI is InChI=1S/C83H54N2/c1-81-54-22-17-20-51(44-54)60-24-8-15-38-78(60)84(56-40-42-68(76(81)49-56)63-26-3-10-33-71(63)81)58-46-53(62-31-19-32-70-67-30-7-14-37-75(67)83(80(62)70)73-35-12-5-28-65(73)66-29-6-13-36-74(66)83)47-59(48-58)85-57-41-43-69-64-27-4-11-34-72(64)82(2,77(69)50-57)55-23-18-21-52(45-55)61-25-9-16-39-79(61)85/h3-50H,1-2H3. The van der Waals surface area contributed by atoms with E-state index in [1.807, 2.05) is 0 Å². The molecule has 0 radical (unpaired) electrons. The Morgan fingerprint density at radius 1 is 0.224 bits per heavy atom. The van der Waals surface area contributed by atoms with Crippen LogP contribution in [0.5, 0.6) is 0 Å². The van der Waals surface area contributed by atoms with E-state index in [-0.39, 0.29) is 0 Å². The van der Waals surface area contributed by atoms with Gasteiger partial charge in [0.1, 0.15) is 0 Å². The van der Waals surface area contributed by atoms with Crippen LogP contribution in [-0.4, -0.2) is 0 Å². The van der Waals surface area contributed by atoms with E-state index in [0.29, 0.717) is 0 Å². The molecule has 0 aromatic heterocycles. The summed E-state index contributed by atoms with van der Waals surface area (Å²) >= 11 is 0. The lowest BCUT2D eigenvalue weighted by atomic mass is 9.68. The second kappa shape index (κ2) is 16.8. The zero-order chi connectivity index (χ0) is 55.9. The van der Waals surface area contributed by atoms with Gasteiger partial charge in [0.2, 0.25) is 0 Å². The first kappa shape index (κ1) is 47.0. The van der Waals surface area contributed by atoms with Gasteiger partial charge in [-0.25, -0.2) is 0 Å². The first-order chi connectivity index (χ1) is 41.9. The zero-order valence-electron chi connectivity index (χ0n) is 47.1. The molecule has 0 saturated heterocycles. The van der Waals surface area contributed by atoms with Gasteiger partial charge in [0, 0.05) is 44.7 Å². The third-order valence-corrected chi connectivity index (χ3v) is 20.6. The van der Waals surface area contributed by atoms with Crippen molar-refractivity contribution in [1.82, 2.24) is 0 Å². The molecule has 8 bridgehead atoms. The molecule has 0 amide bonds. The molecule has 0 N–H and O–H groups in total. The lowest BCUT2D eigenvalue weighted by Crippen LogP contribution is -2.26. The van der Waals surface area contributed by atoms with Gasteiger partial charge in [-0.15, -0.1) is 0 Å². The Bertz CT molecular complexity index is 4820. The minimum absolute atomic E-state index is 0.394. The van der Waals surface area contributed by atoms with Crippen molar-refractivity contribution in [2.75, 3.05) is 9.80 Å². The highest BCUT2D eigenvalue weighted by atomic mass is 15.2. The van der Waals surface area contributed by atoms with E-state index >= 15 is 0 Å². The van der Waals surface area contributed by atoms with E-state index in [1.165, 1.54) is 128 Å². The van der Waals surface area contributed by atoms with E-state index in [4.69, 9.17) is 0 Å². The fourth-order valence-corrected chi connectivity index (χ4v) is 16.9. The summed E-state index contributed by atoms with van der Waals surface area (Å²) in [4.78, 5) is 5.15. The van der Waals surface area contributed by atoms with Gasteiger partial charge in [0.05, 0.1) is 16.8 Å². The van der Waals surface area contributed by atoms with Crippen LogP contribution in [0.1, 0.15) is 69.5 Å². The summed E-state index contributed by atoms with van der Waals surface area (Å²) in [6, 6.07) is 112. The van der Waals surface area contributed by atoms with Crippen molar-refractivity contribution in [3.63, 3.8) is 0 Å². The topological polar surface area (TPSA) is 6.48 Å². The predicted octanol–water partition coefficient (Wildman–Crippen LogP) is 21.3. The second-order valence-corrected chi connectivity index (χ2v) is 24.5. The van der Waals surface area contributed by atoms with Gasteiger partial charge in [0.15, 0.2) is 0 Å². The van der Waals surface area contributed by atoms with Crippen LogP contribution in [0, 0.1) is 0 Å². The molecule has 2 unspecified atom stereocenters. The lowest BCUT2D eigenvalue weighted by molar-refractivity contribution is 0.714. The van der Waals surface area contributed by atoms with E-state index in [2.05, 4.69) is 315 Å². The summed E-state index contributed by atoms with van der Waals surface area (Å²) in [5.41, 5.74) is 35.9. The maximum Gasteiger partial charge on any atom is 0.0731 e. The quantitative estimate of drug-likeness (QED) is 0.174. The molecule has 13 aromatic rings. The Morgan fingerprint density at radius 2 is 0.576 bits per heavy atom. The Kier molecular flexibility index (Phi) is 9.30. The summed E-state index contributed by atoms with van der Waals surface area (Å²) in [5, 5.41) is 0. The van der Waals surface area contributed by atoms with Gasteiger partial charge in [0.25, 0.3) is 0 Å². The SMILES string of the molecule is CC12c3cccc(c3)-c3ccccc3N(c3cc(-c4cccc5c4C4(c6ccccc6-c6ccccc64)c4ccccc4-5)cc(N4c5ccc6c(c5)C(C)(c5cccc(c5)-c5ccccc54)c4ccccc4-6)c3)c3ccc(c1c3)-c1ccccc12. The van der Waals surface area contributed by atoms with Crippen molar-refractivity contribution in [2.24, 2.45) is 0 Å². The molecule has 6 aliphatic rings. The van der Waals surface area contributed by atoms with Crippen LogP contribution in [0.3, 0.4) is 0 Å². The van der Waals surface area contributed by atoms with Crippen LogP contribution in [-0.2, 0) is 16.2 Å². The maximum absolute atomic E-state index is 2.57. The van der Waals surface area contributed by atoms with Crippen molar-refractivity contribution in [3.8, 4) is 77.9 Å². The number of rotatable bonds is 3. The average Bonchev–Trinajstić information content (AvgIpc) is 2.00. The molecule has 2 heteroatoms. The van der Waals surface area contributed by atoms with Crippen LogP contribution in [0.2, 0.25) is 0 Å². The van der Waals surface area contributed by atoms with E-state index < -0.39 is 16.2 Å². The van der Waals surface area contributed by atoms with Crippen LogP contribution in [0.25, 0.3) is 77.9 Å². The van der Waals surface area contributed by atoms with Gasteiger partial charge in [-0.2, -0.15) is 0 Å². The smallest absolute Gasteiger partial charge is 0.0731 e. The molecule has 85 heavy (non-hydrogen) atoms. The molecule has 396 valence electrons. The molecular formula is C83H54N2. The highest BCUT2D eigenvalue weighted by molar-refractivity contribution is 6.02. The number of nitrogens with zero attached hydrogens (tertiary/aromatic N) is 2. The van der Waals surface area contributed by atoms with Crippen molar-refractivity contribution >= 4 is 34.1 Å². The van der Waals surface area contributed by atoms with E-state index in [9.17, 15) is 0 Å². The molecule has 2 heterocycles. The van der Waals surface area contributed by atoms with Crippen molar-refractivity contribution < 1.29 is 0 Å². The fourth-order valence-electron chi connectivity index (χ4n) is 16.9. The van der Waals surface area contributed by atoms with Crippen LogP contribution < -0.4 is 9.80 Å². The number of benzene rings is 13. The number of anilines is 6. The first-order valence-corrected chi connectivity index (χ1v) is 30.0. The summed E-state index contributed by atoms with van der Waals surface area (Å²) in [6.45, 7) is 4.89. The van der Waals surface area contributed by atoms with Gasteiger partial charge < -0.3 is 9.80 Å². The summed E-state index contributed by atoms with van der Waals surface area (Å²) in [5.74, 6) is 0. The van der Waals surface area contributed by atoms with Gasteiger partial charge in [-0.05, 0) is 203 Å². The summed E-state index contributed by atoms with van der Waals surface area (Å²) in [7, 11) is 0. The van der Waals surface area contributed by atoms with Crippen LogP contribution in [0.4, 0.5) is 34.1 Å². The van der Waals surface area contributed by atoms with Gasteiger partial charge in [-0.3, -0.25) is 0 Å². The zero-order valence-corrected chi connectivity index (χ0v) is 47.1. The summed E-state index contributed by atoms with van der Waals surface area (Å²) in [6.07, 6.45) is 0. The maximum atomic E-state index is 2.57. The summed E-state index contributed by atoms with van der Waals surface area (Å²) < 4.78 is 0. The van der Waals surface area contributed by atoms with Crippen molar-refractivity contribution in [3.05, 3.63) is 347 Å². The third kappa shape index (κ3) is 5.98. The molecular weight excluding hydrogens is 1020 g/mol. The molecule has 4 aliphatic carbocycles. The van der Waals surface area contributed by atoms with Crippen LogP contribution >= 0.6 is 0 Å². The van der Waals surface area contributed by atoms with Gasteiger partial charge >= 0.3 is 0 Å². The minimum atomic E-state index is -0.576. The molecule has 0 saturated carbocycles. The Hall–Kier alpha value is -10.5. The lowest BCUT2D eigenvalue weighted by Gasteiger charge is -2.36. The van der Waals surface area contributed by atoms with E-state index in [0.717, 1.165) is 39.7 Å². The van der Waals surface area contributed by atoms with E-state index in [1.54, 1.807) is 0 Å². The monoisotopic (exact) mass is 1080 g/mol. The average molecular weight is 1080 g/mol. The molecule has 1 spiro atoms. The molecule has 2 atom stereocenters. The van der Waals surface area contributed by atoms with Crippen molar-refractivity contribution in [2.45, 2.75) is 30.1 Å². The first-order valence-electron chi connectivity index (χ1n) is 30.0. The minimum Gasteiger partial charge on any atom is -0.310 e.